The van der Waals surface area contributed by atoms with Crippen molar-refractivity contribution in [3.63, 3.8) is 0 Å². The molecule has 0 aromatic heterocycles. The number of amides is 3. The molecule has 3 atom stereocenters. The minimum Gasteiger partial charge on any atom is -0.326 e. The van der Waals surface area contributed by atoms with Crippen LogP contribution in [0.5, 0.6) is 0 Å². The van der Waals surface area contributed by atoms with E-state index in [-0.39, 0.29) is 36.2 Å². The second-order valence-electron chi connectivity index (χ2n) is 7.88. The number of carbonyl (C=O) groups excluding carboxylic acids is 3. The molecular formula is C20H28N4O3. The average molecular weight is 372 g/mol. The fourth-order valence-corrected chi connectivity index (χ4v) is 3.70. The number of nitrogens with two attached hydrogens (primary N) is 1. The Morgan fingerprint density at radius 3 is 2.67 bits per heavy atom. The molecule has 1 aromatic carbocycles. The number of imide groups is 1. The number of hydrogen-bond donors (Lipinski definition) is 3. The van der Waals surface area contributed by atoms with Gasteiger partial charge in [0.2, 0.25) is 11.8 Å². The lowest BCUT2D eigenvalue weighted by molar-refractivity contribution is -0.136. The van der Waals surface area contributed by atoms with Gasteiger partial charge in [0.05, 0.1) is 0 Å². The minimum absolute atomic E-state index is 0.0593. The number of hydrogen-bond acceptors (Lipinski definition) is 5. The Labute approximate surface area is 159 Å². The molecule has 1 fully saturated rings. The van der Waals surface area contributed by atoms with Gasteiger partial charge in [0, 0.05) is 37.2 Å². The molecule has 0 saturated carbocycles. The van der Waals surface area contributed by atoms with E-state index in [1.54, 1.807) is 4.90 Å². The number of benzene rings is 1. The first-order chi connectivity index (χ1) is 12.8. The third kappa shape index (κ3) is 4.04. The highest BCUT2D eigenvalue weighted by molar-refractivity contribution is 6.05. The van der Waals surface area contributed by atoms with E-state index in [0.29, 0.717) is 31.0 Å². The number of nitrogens with zero attached hydrogens (tertiary/aromatic N) is 1. The van der Waals surface area contributed by atoms with E-state index in [0.717, 1.165) is 11.1 Å². The molecule has 0 radical (unpaired) electrons. The van der Waals surface area contributed by atoms with Crippen LogP contribution in [-0.2, 0) is 22.7 Å². The van der Waals surface area contributed by atoms with Gasteiger partial charge in [-0.05, 0) is 36.5 Å². The first-order valence-corrected chi connectivity index (χ1v) is 9.53. The largest absolute Gasteiger partial charge is 0.326 e. The number of carbonyl (C=O) groups is 3. The van der Waals surface area contributed by atoms with Crippen LogP contribution in [0.1, 0.15) is 55.1 Å². The van der Waals surface area contributed by atoms with Gasteiger partial charge in [-0.2, -0.15) is 0 Å². The van der Waals surface area contributed by atoms with Gasteiger partial charge in [0.25, 0.3) is 5.91 Å². The minimum atomic E-state index is -0.576. The van der Waals surface area contributed by atoms with E-state index in [9.17, 15) is 14.4 Å². The van der Waals surface area contributed by atoms with Gasteiger partial charge in [-0.3, -0.25) is 19.7 Å². The topological polar surface area (TPSA) is 105 Å². The summed E-state index contributed by atoms with van der Waals surface area (Å²) in [6.07, 6.45) is 0.642. The van der Waals surface area contributed by atoms with E-state index in [4.69, 9.17) is 5.73 Å². The lowest BCUT2D eigenvalue weighted by Gasteiger charge is -2.29. The van der Waals surface area contributed by atoms with Crippen LogP contribution in [0.2, 0.25) is 0 Å². The molecule has 27 heavy (non-hydrogen) atoms. The molecule has 2 aliphatic rings. The zero-order chi connectivity index (χ0) is 19.7. The van der Waals surface area contributed by atoms with Gasteiger partial charge in [-0.15, -0.1) is 0 Å². The van der Waals surface area contributed by atoms with Crippen molar-refractivity contribution in [3.05, 3.63) is 34.9 Å². The summed E-state index contributed by atoms with van der Waals surface area (Å²) in [5.74, 6) is -0.419. The van der Waals surface area contributed by atoms with Crippen molar-refractivity contribution in [3.8, 4) is 0 Å². The average Bonchev–Trinajstić information content (AvgIpc) is 2.95. The zero-order valence-corrected chi connectivity index (χ0v) is 16.1. The first kappa shape index (κ1) is 19.5. The molecule has 4 N–H and O–H groups in total. The molecule has 1 aromatic rings. The van der Waals surface area contributed by atoms with Crippen molar-refractivity contribution in [1.82, 2.24) is 15.5 Å². The smallest absolute Gasteiger partial charge is 0.255 e. The van der Waals surface area contributed by atoms with Gasteiger partial charge in [-0.1, -0.05) is 26.0 Å². The maximum absolute atomic E-state index is 12.8. The van der Waals surface area contributed by atoms with Crippen molar-refractivity contribution >= 4 is 17.7 Å². The van der Waals surface area contributed by atoms with Crippen molar-refractivity contribution < 1.29 is 14.4 Å². The summed E-state index contributed by atoms with van der Waals surface area (Å²) in [6.45, 7) is 7.29. The van der Waals surface area contributed by atoms with Gasteiger partial charge >= 0.3 is 0 Å². The monoisotopic (exact) mass is 372 g/mol. The van der Waals surface area contributed by atoms with E-state index in [1.165, 1.54) is 0 Å². The van der Waals surface area contributed by atoms with Crippen LogP contribution >= 0.6 is 0 Å². The molecule has 7 heteroatoms. The third-order valence-corrected chi connectivity index (χ3v) is 5.57. The maximum Gasteiger partial charge on any atom is 0.255 e. The van der Waals surface area contributed by atoms with Gasteiger partial charge < -0.3 is 16.0 Å². The second-order valence-corrected chi connectivity index (χ2v) is 7.88. The molecule has 7 nitrogen and oxygen atoms in total. The van der Waals surface area contributed by atoms with Crippen molar-refractivity contribution in [2.24, 2.45) is 11.7 Å². The maximum atomic E-state index is 12.8. The highest BCUT2D eigenvalue weighted by atomic mass is 16.2. The molecule has 3 rings (SSSR count). The lowest BCUT2D eigenvalue weighted by atomic mass is 9.98. The van der Waals surface area contributed by atoms with E-state index in [2.05, 4.69) is 31.4 Å². The van der Waals surface area contributed by atoms with Crippen LogP contribution in [0.25, 0.3) is 0 Å². The molecular weight excluding hydrogens is 344 g/mol. The number of nitrogens with one attached hydrogen (secondary N) is 2. The summed E-state index contributed by atoms with van der Waals surface area (Å²) < 4.78 is 0. The number of rotatable bonds is 6. The Morgan fingerprint density at radius 2 is 2.00 bits per heavy atom. The molecule has 2 aliphatic heterocycles. The summed E-state index contributed by atoms with van der Waals surface area (Å²) in [6, 6.07) is 5.49. The van der Waals surface area contributed by atoms with E-state index in [1.807, 2.05) is 18.2 Å². The van der Waals surface area contributed by atoms with Crippen LogP contribution in [0.4, 0.5) is 0 Å². The summed E-state index contributed by atoms with van der Waals surface area (Å²) >= 11 is 0. The Morgan fingerprint density at radius 1 is 1.26 bits per heavy atom. The van der Waals surface area contributed by atoms with Crippen LogP contribution in [0.3, 0.4) is 0 Å². The highest BCUT2D eigenvalue weighted by Gasteiger charge is 2.39. The summed E-state index contributed by atoms with van der Waals surface area (Å²) in [4.78, 5) is 37.8. The van der Waals surface area contributed by atoms with Crippen LogP contribution < -0.4 is 16.4 Å². The molecule has 0 aliphatic carbocycles. The molecule has 0 bridgehead atoms. The third-order valence-electron chi connectivity index (χ3n) is 5.57. The second kappa shape index (κ2) is 7.78. The van der Waals surface area contributed by atoms with Crippen molar-refractivity contribution in [1.29, 1.82) is 0 Å². The van der Waals surface area contributed by atoms with E-state index < -0.39 is 6.04 Å². The quantitative estimate of drug-likeness (QED) is 0.644. The number of piperidine rings is 1. The molecule has 146 valence electrons. The van der Waals surface area contributed by atoms with Gasteiger partial charge in [0.1, 0.15) is 6.04 Å². The zero-order valence-electron chi connectivity index (χ0n) is 16.1. The Kier molecular flexibility index (Phi) is 5.62. The standard InChI is InChI=1S/C20H28N4O3/c1-11(2)18(21)12(3)22-9-13-4-5-14-10-24(20(27)15(14)8-13)16-6-7-17(25)23-19(16)26/h4-5,8,11-12,16,18,22H,6-7,9-10,21H2,1-3H3,(H,23,25,26). The predicted molar refractivity (Wildman–Crippen MR) is 102 cm³/mol. The van der Waals surface area contributed by atoms with Crippen molar-refractivity contribution in [2.45, 2.75) is 64.8 Å². The van der Waals surface area contributed by atoms with Gasteiger partial charge in [-0.25, -0.2) is 0 Å². The van der Waals surface area contributed by atoms with Crippen molar-refractivity contribution in [2.75, 3.05) is 0 Å². The first-order valence-electron chi connectivity index (χ1n) is 9.53. The lowest BCUT2D eigenvalue weighted by Crippen LogP contribution is -2.52. The van der Waals surface area contributed by atoms with Crippen LogP contribution in [0.15, 0.2) is 18.2 Å². The normalized spacial score (nSPS) is 22.0. The molecule has 2 heterocycles. The Bertz CT molecular complexity index is 762. The highest BCUT2D eigenvalue weighted by Crippen LogP contribution is 2.28. The summed E-state index contributed by atoms with van der Waals surface area (Å²) in [5.41, 5.74) is 8.74. The van der Waals surface area contributed by atoms with Gasteiger partial charge in [0.15, 0.2) is 0 Å². The Hall–Kier alpha value is -2.25. The van der Waals surface area contributed by atoms with Crippen LogP contribution in [0, 0.1) is 5.92 Å². The molecule has 3 amide bonds. The van der Waals surface area contributed by atoms with Crippen LogP contribution in [-0.4, -0.2) is 40.7 Å². The fraction of sp³-hybridized carbons (Fsp3) is 0.550. The fourth-order valence-electron chi connectivity index (χ4n) is 3.70. The van der Waals surface area contributed by atoms with E-state index >= 15 is 0 Å². The Balaban J connectivity index is 1.67. The number of fused-ring (bicyclic) bond motifs is 1. The molecule has 1 saturated heterocycles. The summed E-state index contributed by atoms with van der Waals surface area (Å²) in [7, 11) is 0. The SMILES string of the molecule is CC(C)C(N)C(C)NCc1ccc2c(c1)C(=O)N(C1CCC(=O)NC1=O)C2. The summed E-state index contributed by atoms with van der Waals surface area (Å²) in [5, 5.41) is 5.74. The molecule has 3 unspecified atom stereocenters. The predicted octanol–water partition coefficient (Wildman–Crippen LogP) is 0.909. The molecule has 0 spiro atoms.